The third kappa shape index (κ3) is 2.62. The van der Waals surface area contributed by atoms with E-state index in [4.69, 9.17) is 21.8 Å². The van der Waals surface area contributed by atoms with Crippen LogP contribution in [0.5, 0.6) is 11.5 Å². The fourth-order valence-corrected chi connectivity index (χ4v) is 0.985. The van der Waals surface area contributed by atoms with E-state index in [2.05, 4.69) is 0 Å². The summed E-state index contributed by atoms with van der Waals surface area (Å²) < 4.78 is 0. The van der Waals surface area contributed by atoms with E-state index >= 15 is 0 Å². The van der Waals surface area contributed by atoms with Gasteiger partial charge in [0.25, 0.3) is 0 Å². The molecule has 2 nitrogen and oxygen atoms in total. The van der Waals surface area contributed by atoms with Crippen molar-refractivity contribution in [2.24, 2.45) is 0 Å². The monoisotopic (exact) mass is 188 g/mol. The van der Waals surface area contributed by atoms with Gasteiger partial charge >= 0.3 is 0 Å². The minimum absolute atomic E-state index is 0.176. The van der Waals surface area contributed by atoms with Crippen LogP contribution in [0.15, 0.2) is 12.1 Å². The van der Waals surface area contributed by atoms with Crippen LogP contribution in [0.4, 0.5) is 0 Å². The van der Waals surface area contributed by atoms with Gasteiger partial charge in [-0.1, -0.05) is 25.4 Å². The summed E-state index contributed by atoms with van der Waals surface area (Å²) in [4.78, 5) is 0. The molecule has 0 bridgehead atoms. The van der Waals surface area contributed by atoms with Crippen LogP contribution in [0.1, 0.15) is 19.4 Å². The van der Waals surface area contributed by atoms with Crippen LogP contribution in [-0.2, 0) is 0 Å². The van der Waals surface area contributed by atoms with E-state index in [1.165, 1.54) is 6.07 Å². The van der Waals surface area contributed by atoms with E-state index in [-0.39, 0.29) is 16.5 Å². The van der Waals surface area contributed by atoms with Crippen LogP contribution in [0, 0.1) is 6.92 Å². The van der Waals surface area contributed by atoms with E-state index in [0.717, 1.165) is 5.56 Å². The molecule has 12 heavy (non-hydrogen) atoms. The van der Waals surface area contributed by atoms with Gasteiger partial charge in [-0.2, -0.15) is 0 Å². The summed E-state index contributed by atoms with van der Waals surface area (Å²) in [6.07, 6.45) is 0. The van der Waals surface area contributed by atoms with E-state index in [0.29, 0.717) is 0 Å². The Balaban J connectivity index is 0.000000561. The van der Waals surface area contributed by atoms with Crippen molar-refractivity contribution in [1.82, 2.24) is 0 Å². The third-order valence-corrected chi connectivity index (χ3v) is 1.48. The predicted octanol–water partition coefficient (Wildman–Crippen LogP) is 3.09. The summed E-state index contributed by atoms with van der Waals surface area (Å²) in [5, 5.41) is 18.1. The summed E-state index contributed by atoms with van der Waals surface area (Å²) in [5.41, 5.74) is 0.820. The zero-order valence-corrected chi connectivity index (χ0v) is 8.18. The van der Waals surface area contributed by atoms with Crippen molar-refractivity contribution in [2.45, 2.75) is 20.8 Å². The Morgan fingerprint density at radius 2 is 1.67 bits per heavy atom. The molecule has 0 saturated heterocycles. The average molecular weight is 189 g/mol. The lowest BCUT2D eigenvalue weighted by Crippen LogP contribution is -1.74. The molecule has 0 heterocycles. The van der Waals surface area contributed by atoms with Crippen LogP contribution in [-0.4, -0.2) is 10.2 Å². The Hall–Kier alpha value is -0.890. The molecular weight excluding hydrogens is 176 g/mol. The van der Waals surface area contributed by atoms with Gasteiger partial charge in [0, 0.05) is 0 Å². The second-order valence-electron chi connectivity index (χ2n) is 2.11. The van der Waals surface area contributed by atoms with Gasteiger partial charge in [-0.05, 0) is 24.6 Å². The Morgan fingerprint density at radius 1 is 1.17 bits per heavy atom. The smallest absolute Gasteiger partial charge is 0.176 e. The van der Waals surface area contributed by atoms with Gasteiger partial charge in [0.05, 0.1) is 5.02 Å². The number of hydrogen-bond acceptors (Lipinski definition) is 2. The van der Waals surface area contributed by atoms with Gasteiger partial charge < -0.3 is 10.2 Å². The first-order chi connectivity index (χ1) is 5.61. The van der Waals surface area contributed by atoms with Gasteiger partial charge in [-0.3, -0.25) is 0 Å². The fraction of sp³-hybridized carbons (Fsp3) is 0.333. The lowest BCUT2D eigenvalue weighted by atomic mass is 10.2. The molecule has 0 unspecified atom stereocenters. The number of aromatic hydroxyl groups is 2. The molecule has 0 aromatic heterocycles. The Kier molecular flexibility index (Phi) is 4.52. The molecule has 1 aromatic rings. The van der Waals surface area contributed by atoms with E-state index in [9.17, 15) is 0 Å². The zero-order valence-electron chi connectivity index (χ0n) is 7.43. The van der Waals surface area contributed by atoms with E-state index < -0.39 is 0 Å². The highest BCUT2D eigenvalue weighted by Crippen LogP contribution is 2.33. The molecular formula is C9H13ClO2. The zero-order chi connectivity index (χ0) is 9.72. The number of hydrogen-bond donors (Lipinski definition) is 2. The highest BCUT2D eigenvalue weighted by Gasteiger charge is 2.03. The van der Waals surface area contributed by atoms with Crippen molar-refractivity contribution in [2.75, 3.05) is 0 Å². The Morgan fingerprint density at radius 3 is 2.08 bits per heavy atom. The van der Waals surface area contributed by atoms with Gasteiger partial charge in [0.15, 0.2) is 11.5 Å². The molecule has 0 aliphatic rings. The summed E-state index contributed by atoms with van der Waals surface area (Å²) in [7, 11) is 0. The average Bonchev–Trinajstić information content (AvgIpc) is 2.04. The Bertz CT molecular complexity index is 236. The molecule has 0 aliphatic carbocycles. The first-order valence-electron chi connectivity index (χ1n) is 3.79. The number of rotatable bonds is 0. The third-order valence-electron chi connectivity index (χ3n) is 1.19. The molecule has 0 saturated carbocycles. The van der Waals surface area contributed by atoms with E-state index in [1.54, 1.807) is 13.0 Å². The summed E-state index contributed by atoms with van der Waals surface area (Å²) in [5.74, 6) is -0.433. The summed E-state index contributed by atoms with van der Waals surface area (Å²) >= 11 is 5.51. The quantitative estimate of drug-likeness (QED) is 0.615. The first kappa shape index (κ1) is 11.1. The summed E-state index contributed by atoms with van der Waals surface area (Å²) in [6.45, 7) is 5.78. The molecule has 3 heteroatoms. The molecule has 0 fully saturated rings. The van der Waals surface area contributed by atoms with Crippen LogP contribution in [0.25, 0.3) is 0 Å². The van der Waals surface area contributed by atoms with Crippen molar-refractivity contribution in [1.29, 1.82) is 0 Å². The van der Waals surface area contributed by atoms with Gasteiger partial charge in [-0.15, -0.1) is 0 Å². The van der Waals surface area contributed by atoms with Crippen LogP contribution < -0.4 is 0 Å². The lowest BCUT2D eigenvalue weighted by molar-refractivity contribution is 0.403. The molecule has 0 atom stereocenters. The minimum Gasteiger partial charge on any atom is -0.504 e. The second-order valence-corrected chi connectivity index (χ2v) is 2.52. The number of benzene rings is 1. The molecule has 0 spiro atoms. The van der Waals surface area contributed by atoms with Gasteiger partial charge in [0.2, 0.25) is 0 Å². The van der Waals surface area contributed by atoms with E-state index in [1.807, 2.05) is 13.8 Å². The van der Waals surface area contributed by atoms with Crippen molar-refractivity contribution in [3.63, 3.8) is 0 Å². The summed E-state index contributed by atoms with van der Waals surface area (Å²) in [6, 6.07) is 3.03. The molecule has 1 aromatic carbocycles. The number of phenols is 2. The topological polar surface area (TPSA) is 40.5 Å². The maximum atomic E-state index is 8.95. The predicted molar refractivity (Wildman–Crippen MR) is 50.9 cm³/mol. The molecule has 1 rings (SSSR count). The highest BCUT2D eigenvalue weighted by atomic mass is 35.5. The maximum Gasteiger partial charge on any atom is 0.176 e. The minimum atomic E-state index is -0.257. The molecule has 68 valence electrons. The lowest BCUT2D eigenvalue weighted by Gasteiger charge is -2.00. The van der Waals surface area contributed by atoms with Crippen LogP contribution >= 0.6 is 11.6 Å². The van der Waals surface area contributed by atoms with Crippen molar-refractivity contribution in [3.05, 3.63) is 22.7 Å². The van der Waals surface area contributed by atoms with Crippen molar-refractivity contribution < 1.29 is 10.2 Å². The molecule has 0 aliphatic heterocycles. The number of halogens is 1. The van der Waals surface area contributed by atoms with Gasteiger partial charge in [0.1, 0.15) is 0 Å². The number of phenolic OH excluding ortho intramolecular Hbond substituents is 2. The number of aryl methyl sites for hydroxylation is 1. The van der Waals surface area contributed by atoms with Crippen LogP contribution in [0.2, 0.25) is 5.02 Å². The van der Waals surface area contributed by atoms with Gasteiger partial charge in [-0.25, -0.2) is 0 Å². The fourth-order valence-electron chi connectivity index (χ4n) is 0.716. The highest BCUT2D eigenvalue weighted by molar-refractivity contribution is 6.32. The van der Waals surface area contributed by atoms with Crippen molar-refractivity contribution in [3.8, 4) is 11.5 Å². The van der Waals surface area contributed by atoms with Crippen LogP contribution in [0.3, 0.4) is 0 Å². The SMILES string of the molecule is CC.Cc1cc(O)c(O)c(Cl)c1. The standard InChI is InChI=1S/C7H7ClO2.C2H6/c1-4-2-5(8)7(10)6(9)3-4;1-2/h2-3,9-10H,1H3;1-2H3. The Labute approximate surface area is 77.4 Å². The maximum absolute atomic E-state index is 8.95. The molecule has 0 radical (unpaired) electrons. The molecule has 0 amide bonds. The molecule has 2 N–H and O–H groups in total. The first-order valence-corrected chi connectivity index (χ1v) is 4.17. The second kappa shape index (κ2) is 4.88. The normalized spacial score (nSPS) is 8.67. The van der Waals surface area contributed by atoms with Crippen molar-refractivity contribution >= 4 is 11.6 Å². The largest absolute Gasteiger partial charge is 0.504 e.